The van der Waals surface area contributed by atoms with Crippen LogP contribution in [-0.4, -0.2) is 36.9 Å². The molecule has 2 rings (SSSR count). The number of nitrogens with zero attached hydrogens (tertiary/aromatic N) is 1. The van der Waals surface area contributed by atoms with Crippen LogP contribution in [0.5, 0.6) is 0 Å². The van der Waals surface area contributed by atoms with Gasteiger partial charge in [-0.05, 0) is 30.7 Å². The van der Waals surface area contributed by atoms with Gasteiger partial charge in [0, 0.05) is 31.4 Å². The smallest absolute Gasteiger partial charge is 0.251 e. The van der Waals surface area contributed by atoms with E-state index in [1.807, 2.05) is 43.3 Å². The van der Waals surface area contributed by atoms with Gasteiger partial charge in [0.25, 0.3) is 5.91 Å². The minimum atomic E-state index is -0.117. The number of hydrogen-bond acceptors (Lipinski definition) is 3. The van der Waals surface area contributed by atoms with Crippen LogP contribution < -0.4 is 10.6 Å². The lowest BCUT2D eigenvalue weighted by molar-refractivity contribution is -0.128. The number of carbonyl (C=O) groups is 2. The minimum absolute atomic E-state index is 0.0118. The van der Waals surface area contributed by atoms with Crippen molar-refractivity contribution in [3.63, 3.8) is 0 Å². The molecule has 2 N–H and O–H groups in total. The molecule has 0 bridgehead atoms. The highest BCUT2D eigenvalue weighted by Crippen LogP contribution is 2.11. The number of amides is 2. The number of likely N-dealkylation sites (N-methyl/N-ethyl adjacent to an activating group) is 1. The molecule has 0 aliphatic rings. The lowest BCUT2D eigenvalue weighted by Gasteiger charge is -2.18. The van der Waals surface area contributed by atoms with Crippen molar-refractivity contribution in [1.82, 2.24) is 10.2 Å². The fourth-order valence-corrected chi connectivity index (χ4v) is 2.29. The highest BCUT2D eigenvalue weighted by Gasteiger charge is 2.10. The average Bonchev–Trinajstić information content (AvgIpc) is 2.61. The summed E-state index contributed by atoms with van der Waals surface area (Å²) in [5, 5.41) is 5.83. The van der Waals surface area contributed by atoms with E-state index in [2.05, 4.69) is 10.6 Å². The number of hydrogen-bond donors (Lipinski definition) is 2. The Kier molecular flexibility index (Phi) is 6.37. The first kappa shape index (κ1) is 17.5. The minimum Gasteiger partial charge on any atom is -0.376 e. The van der Waals surface area contributed by atoms with Gasteiger partial charge in [-0.15, -0.1) is 0 Å². The van der Waals surface area contributed by atoms with E-state index >= 15 is 0 Å². The third kappa shape index (κ3) is 5.12. The Labute approximate surface area is 142 Å². The standard InChI is InChI=1S/C19H23N3O2/c1-3-20-19(24)16-10-7-11-17(12-16)21-13-18(23)22(2)14-15-8-5-4-6-9-15/h4-12,21H,3,13-14H2,1-2H3,(H,20,24). The molecule has 0 fully saturated rings. The average molecular weight is 325 g/mol. The third-order valence-electron chi connectivity index (χ3n) is 3.59. The Bertz CT molecular complexity index is 686. The fourth-order valence-electron chi connectivity index (χ4n) is 2.29. The molecule has 0 atom stereocenters. The summed E-state index contributed by atoms with van der Waals surface area (Å²) in [6, 6.07) is 17.0. The maximum Gasteiger partial charge on any atom is 0.251 e. The van der Waals surface area contributed by atoms with Gasteiger partial charge in [0.05, 0.1) is 6.54 Å². The summed E-state index contributed by atoms with van der Waals surface area (Å²) in [6.45, 7) is 3.21. The molecule has 0 saturated heterocycles. The monoisotopic (exact) mass is 325 g/mol. The Morgan fingerprint density at radius 1 is 1.04 bits per heavy atom. The quantitative estimate of drug-likeness (QED) is 0.822. The number of carbonyl (C=O) groups excluding carboxylic acids is 2. The first-order chi connectivity index (χ1) is 11.6. The van der Waals surface area contributed by atoms with Crippen molar-refractivity contribution in [2.45, 2.75) is 13.5 Å². The van der Waals surface area contributed by atoms with Gasteiger partial charge in [-0.25, -0.2) is 0 Å². The molecule has 2 aromatic carbocycles. The maximum atomic E-state index is 12.2. The molecule has 0 radical (unpaired) electrons. The van der Waals surface area contributed by atoms with E-state index in [0.29, 0.717) is 18.7 Å². The molecular weight excluding hydrogens is 302 g/mol. The van der Waals surface area contributed by atoms with Crippen molar-refractivity contribution >= 4 is 17.5 Å². The van der Waals surface area contributed by atoms with Crippen molar-refractivity contribution in [3.8, 4) is 0 Å². The first-order valence-corrected chi connectivity index (χ1v) is 8.00. The highest BCUT2D eigenvalue weighted by molar-refractivity contribution is 5.95. The second-order valence-electron chi connectivity index (χ2n) is 5.53. The van der Waals surface area contributed by atoms with E-state index in [1.54, 1.807) is 30.1 Å². The van der Waals surface area contributed by atoms with Crippen LogP contribution in [-0.2, 0) is 11.3 Å². The number of rotatable bonds is 7. The molecular formula is C19H23N3O2. The summed E-state index contributed by atoms with van der Waals surface area (Å²) in [5.74, 6) is -0.129. The zero-order valence-electron chi connectivity index (χ0n) is 14.1. The Balaban J connectivity index is 1.89. The van der Waals surface area contributed by atoms with Gasteiger partial charge in [-0.1, -0.05) is 36.4 Å². The van der Waals surface area contributed by atoms with Crippen LogP contribution >= 0.6 is 0 Å². The molecule has 126 valence electrons. The number of nitrogens with one attached hydrogen (secondary N) is 2. The van der Waals surface area contributed by atoms with Gasteiger partial charge in [0.2, 0.25) is 5.91 Å². The van der Waals surface area contributed by atoms with Crippen LogP contribution in [0.1, 0.15) is 22.8 Å². The van der Waals surface area contributed by atoms with E-state index in [9.17, 15) is 9.59 Å². The molecule has 5 heteroatoms. The van der Waals surface area contributed by atoms with Crippen molar-refractivity contribution < 1.29 is 9.59 Å². The van der Waals surface area contributed by atoms with Crippen LogP contribution in [0, 0.1) is 0 Å². The van der Waals surface area contributed by atoms with E-state index in [1.165, 1.54) is 0 Å². The number of benzene rings is 2. The van der Waals surface area contributed by atoms with Crippen molar-refractivity contribution in [2.24, 2.45) is 0 Å². The molecule has 2 aromatic rings. The van der Waals surface area contributed by atoms with Crippen molar-refractivity contribution in [1.29, 1.82) is 0 Å². The predicted octanol–water partition coefficient (Wildman–Crippen LogP) is 2.51. The molecule has 0 saturated carbocycles. The molecule has 0 aromatic heterocycles. The summed E-state index contributed by atoms with van der Waals surface area (Å²) < 4.78 is 0. The second kappa shape index (κ2) is 8.72. The van der Waals surface area contributed by atoms with Gasteiger partial charge in [-0.3, -0.25) is 9.59 Å². The fraction of sp³-hybridized carbons (Fsp3) is 0.263. The summed E-state index contributed by atoms with van der Waals surface area (Å²) >= 11 is 0. The van der Waals surface area contributed by atoms with E-state index in [-0.39, 0.29) is 18.4 Å². The number of anilines is 1. The third-order valence-corrected chi connectivity index (χ3v) is 3.59. The van der Waals surface area contributed by atoms with Crippen LogP contribution in [0.2, 0.25) is 0 Å². The molecule has 24 heavy (non-hydrogen) atoms. The molecule has 0 aliphatic carbocycles. The summed E-state index contributed by atoms with van der Waals surface area (Å²) in [6.07, 6.45) is 0. The van der Waals surface area contributed by atoms with Crippen LogP contribution in [0.4, 0.5) is 5.69 Å². The normalized spacial score (nSPS) is 10.1. The topological polar surface area (TPSA) is 61.4 Å². The van der Waals surface area contributed by atoms with Gasteiger partial charge in [0.15, 0.2) is 0 Å². The van der Waals surface area contributed by atoms with Crippen LogP contribution in [0.25, 0.3) is 0 Å². The lowest BCUT2D eigenvalue weighted by Crippen LogP contribution is -2.31. The SMILES string of the molecule is CCNC(=O)c1cccc(NCC(=O)N(C)Cc2ccccc2)c1. The maximum absolute atomic E-state index is 12.2. The van der Waals surface area contributed by atoms with E-state index in [0.717, 1.165) is 11.3 Å². The van der Waals surface area contributed by atoms with Crippen molar-refractivity contribution in [3.05, 3.63) is 65.7 Å². The molecule has 2 amide bonds. The van der Waals surface area contributed by atoms with E-state index in [4.69, 9.17) is 0 Å². The largest absolute Gasteiger partial charge is 0.376 e. The van der Waals surface area contributed by atoms with Gasteiger partial charge in [-0.2, -0.15) is 0 Å². The van der Waals surface area contributed by atoms with Gasteiger partial charge in [0.1, 0.15) is 0 Å². The zero-order valence-corrected chi connectivity index (χ0v) is 14.1. The van der Waals surface area contributed by atoms with Crippen LogP contribution in [0.3, 0.4) is 0 Å². The second-order valence-corrected chi connectivity index (χ2v) is 5.53. The molecule has 0 aliphatic heterocycles. The Hall–Kier alpha value is -2.82. The highest BCUT2D eigenvalue weighted by atomic mass is 16.2. The van der Waals surface area contributed by atoms with Gasteiger partial charge >= 0.3 is 0 Å². The van der Waals surface area contributed by atoms with Crippen LogP contribution in [0.15, 0.2) is 54.6 Å². The predicted molar refractivity (Wildman–Crippen MR) is 95.9 cm³/mol. The molecule has 5 nitrogen and oxygen atoms in total. The molecule has 0 unspecified atom stereocenters. The summed E-state index contributed by atoms with van der Waals surface area (Å²) in [7, 11) is 1.78. The molecule has 0 spiro atoms. The Morgan fingerprint density at radius 2 is 1.79 bits per heavy atom. The molecule has 0 heterocycles. The Morgan fingerprint density at radius 3 is 2.50 bits per heavy atom. The lowest BCUT2D eigenvalue weighted by atomic mass is 10.2. The summed E-state index contributed by atoms with van der Waals surface area (Å²) in [5.41, 5.74) is 2.42. The van der Waals surface area contributed by atoms with E-state index < -0.39 is 0 Å². The van der Waals surface area contributed by atoms with Gasteiger partial charge < -0.3 is 15.5 Å². The summed E-state index contributed by atoms with van der Waals surface area (Å²) in [4.78, 5) is 25.7. The first-order valence-electron chi connectivity index (χ1n) is 8.00. The van der Waals surface area contributed by atoms with Crippen molar-refractivity contribution in [2.75, 3.05) is 25.5 Å². The zero-order chi connectivity index (χ0) is 17.4.